The number of aromatic nitrogens is 2. The molecule has 2 heterocycles. The van der Waals surface area contributed by atoms with E-state index in [9.17, 15) is 0 Å². The van der Waals surface area contributed by atoms with Crippen molar-refractivity contribution in [1.29, 1.82) is 0 Å². The van der Waals surface area contributed by atoms with Gasteiger partial charge in [-0.05, 0) is 36.6 Å². The monoisotopic (exact) mass is 298 g/mol. The number of rotatable bonds is 4. The molecule has 0 saturated heterocycles. The third-order valence-corrected chi connectivity index (χ3v) is 3.77. The molecule has 0 N–H and O–H groups in total. The first-order valence-corrected chi connectivity index (χ1v) is 7.64. The van der Waals surface area contributed by atoms with Crippen LogP contribution < -0.4 is 9.47 Å². The van der Waals surface area contributed by atoms with Crippen molar-refractivity contribution in [3.05, 3.63) is 48.8 Å². The zero-order valence-corrected chi connectivity index (χ0v) is 12.6. The summed E-state index contributed by atoms with van der Waals surface area (Å²) in [5.74, 6) is 2.03. The van der Waals surface area contributed by atoms with E-state index in [1.165, 1.54) is 0 Å². The zero-order valence-electron chi connectivity index (χ0n) is 11.7. The van der Waals surface area contributed by atoms with Gasteiger partial charge in [-0.1, -0.05) is 6.07 Å². The Hall–Kier alpha value is -2.27. The minimum atomic E-state index is 0.496. The maximum absolute atomic E-state index is 6.00. The first-order chi connectivity index (χ1) is 10.3. The van der Waals surface area contributed by atoms with E-state index in [-0.39, 0.29) is 0 Å². The van der Waals surface area contributed by atoms with Crippen LogP contribution in [0.1, 0.15) is 0 Å². The van der Waals surface area contributed by atoms with Crippen molar-refractivity contribution in [2.45, 2.75) is 4.90 Å². The summed E-state index contributed by atoms with van der Waals surface area (Å²) in [6.07, 6.45) is 5.42. The van der Waals surface area contributed by atoms with Crippen molar-refractivity contribution in [3.8, 4) is 17.4 Å². The highest BCUT2D eigenvalue weighted by Crippen LogP contribution is 2.32. The van der Waals surface area contributed by atoms with Crippen molar-refractivity contribution < 1.29 is 9.47 Å². The molecule has 106 valence electrons. The average molecular weight is 298 g/mol. The van der Waals surface area contributed by atoms with E-state index in [1.807, 2.05) is 36.6 Å². The van der Waals surface area contributed by atoms with E-state index in [4.69, 9.17) is 9.47 Å². The molecule has 21 heavy (non-hydrogen) atoms. The molecule has 0 bridgehead atoms. The van der Waals surface area contributed by atoms with Crippen LogP contribution in [0.15, 0.2) is 53.7 Å². The van der Waals surface area contributed by atoms with Gasteiger partial charge in [-0.2, -0.15) is 0 Å². The topological polar surface area (TPSA) is 44.2 Å². The average Bonchev–Trinajstić information content (AvgIpc) is 2.55. The summed E-state index contributed by atoms with van der Waals surface area (Å²) in [6, 6.07) is 11.7. The lowest BCUT2D eigenvalue weighted by atomic mass is 10.2. The normalized spacial score (nSPS) is 10.6. The molecule has 0 aliphatic heterocycles. The lowest BCUT2D eigenvalue weighted by Gasteiger charge is -2.10. The molecule has 0 saturated carbocycles. The molecule has 3 rings (SSSR count). The van der Waals surface area contributed by atoms with Crippen LogP contribution in [0.5, 0.6) is 17.4 Å². The summed E-state index contributed by atoms with van der Waals surface area (Å²) in [4.78, 5) is 9.63. The van der Waals surface area contributed by atoms with E-state index >= 15 is 0 Å². The first kappa shape index (κ1) is 13.7. The number of benzene rings is 1. The lowest BCUT2D eigenvalue weighted by molar-refractivity contribution is 0.402. The molecule has 0 radical (unpaired) electrons. The van der Waals surface area contributed by atoms with Gasteiger partial charge in [0.2, 0.25) is 5.88 Å². The zero-order chi connectivity index (χ0) is 14.7. The molecule has 0 atom stereocenters. The largest absolute Gasteiger partial charge is 0.479 e. The predicted molar refractivity (Wildman–Crippen MR) is 84.4 cm³/mol. The number of pyridine rings is 2. The van der Waals surface area contributed by atoms with Crippen LogP contribution >= 0.6 is 11.8 Å². The summed E-state index contributed by atoms with van der Waals surface area (Å²) in [5, 5.41) is 0.874. The summed E-state index contributed by atoms with van der Waals surface area (Å²) >= 11 is 1.68. The van der Waals surface area contributed by atoms with Crippen molar-refractivity contribution >= 4 is 22.7 Å². The fourth-order valence-electron chi connectivity index (χ4n) is 2.06. The fourth-order valence-corrected chi connectivity index (χ4v) is 2.51. The van der Waals surface area contributed by atoms with Gasteiger partial charge < -0.3 is 9.47 Å². The second kappa shape index (κ2) is 6.01. The molecule has 3 aromatic rings. The van der Waals surface area contributed by atoms with Gasteiger partial charge in [-0.3, -0.25) is 4.98 Å². The Bertz CT molecular complexity index is 777. The highest BCUT2D eigenvalue weighted by molar-refractivity contribution is 7.98. The number of nitrogens with zero attached hydrogens (tertiary/aromatic N) is 2. The molecule has 0 fully saturated rings. The molecular weight excluding hydrogens is 284 g/mol. The Morgan fingerprint density at radius 3 is 2.71 bits per heavy atom. The molecule has 2 aromatic heterocycles. The fraction of sp³-hybridized carbons (Fsp3) is 0.125. The Morgan fingerprint density at radius 1 is 1.05 bits per heavy atom. The number of fused-ring (bicyclic) bond motifs is 1. The van der Waals surface area contributed by atoms with Crippen molar-refractivity contribution in [1.82, 2.24) is 9.97 Å². The molecule has 4 nitrogen and oxygen atoms in total. The Labute approximate surface area is 127 Å². The van der Waals surface area contributed by atoms with Crippen LogP contribution in [0.25, 0.3) is 10.9 Å². The quantitative estimate of drug-likeness (QED) is 0.677. The third-order valence-electron chi connectivity index (χ3n) is 3.05. The number of methoxy groups -OCH3 is 1. The van der Waals surface area contributed by atoms with E-state index in [2.05, 4.69) is 16.0 Å². The second-order valence-corrected chi connectivity index (χ2v) is 5.19. The first-order valence-electron chi connectivity index (χ1n) is 6.41. The highest BCUT2D eigenvalue weighted by atomic mass is 32.2. The van der Waals surface area contributed by atoms with Crippen molar-refractivity contribution in [3.63, 3.8) is 0 Å². The second-order valence-electron chi connectivity index (χ2n) is 4.31. The third kappa shape index (κ3) is 2.78. The number of ether oxygens (including phenoxy) is 2. The molecular formula is C16H14N2O2S. The van der Waals surface area contributed by atoms with E-state index in [0.29, 0.717) is 11.4 Å². The van der Waals surface area contributed by atoms with E-state index in [0.717, 1.165) is 21.8 Å². The summed E-state index contributed by atoms with van der Waals surface area (Å²) in [5.41, 5.74) is 0.693. The minimum Gasteiger partial charge on any atom is -0.479 e. The van der Waals surface area contributed by atoms with Gasteiger partial charge in [0.15, 0.2) is 0 Å². The molecule has 0 aliphatic rings. The Balaban J connectivity index is 2.04. The molecule has 1 aromatic carbocycles. The van der Waals surface area contributed by atoms with Gasteiger partial charge >= 0.3 is 0 Å². The van der Waals surface area contributed by atoms with Crippen molar-refractivity contribution in [2.75, 3.05) is 13.4 Å². The van der Waals surface area contributed by atoms with E-state index < -0.39 is 0 Å². The molecule has 0 aliphatic carbocycles. The number of thioether (sulfide) groups is 1. The lowest BCUT2D eigenvalue weighted by Crippen LogP contribution is -1.93. The standard InChI is InChI=1S/C16H14N2O2S/c1-19-16-15-13(6-8-18-16)14(7-9-17-15)20-11-4-3-5-12(10-11)21-2/h3-10H,1-2H3. The van der Waals surface area contributed by atoms with Gasteiger partial charge in [0, 0.05) is 17.3 Å². The summed E-state index contributed by atoms with van der Waals surface area (Å²) < 4.78 is 11.2. The SMILES string of the molecule is COc1nccc2c(Oc3cccc(SC)c3)ccnc12. The maximum Gasteiger partial charge on any atom is 0.240 e. The van der Waals surface area contributed by atoms with Crippen LogP contribution in [0.4, 0.5) is 0 Å². The Morgan fingerprint density at radius 2 is 1.90 bits per heavy atom. The number of hydrogen-bond donors (Lipinski definition) is 0. The number of hydrogen-bond acceptors (Lipinski definition) is 5. The van der Waals surface area contributed by atoms with Crippen LogP contribution in [-0.4, -0.2) is 23.3 Å². The van der Waals surface area contributed by atoms with Crippen LogP contribution in [0, 0.1) is 0 Å². The smallest absolute Gasteiger partial charge is 0.240 e. The van der Waals surface area contributed by atoms with Crippen LogP contribution in [0.3, 0.4) is 0 Å². The summed E-state index contributed by atoms with van der Waals surface area (Å²) in [7, 11) is 1.58. The van der Waals surface area contributed by atoms with Crippen LogP contribution in [0.2, 0.25) is 0 Å². The maximum atomic E-state index is 6.00. The van der Waals surface area contributed by atoms with Gasteiger partial charge in [0.25, 0.3) is 0 Å². The van der Waals surface area contributed by atoms with E-state index in [1.54, 1.807) is 31.3 Å². The summed E-state index contributed by atoms with van der Waals surface area (Å²) in [6.45, 7) is 0. The van der Waals surface area contributed by atoms with Gasteiger partial charge in [0.05, 0.1) is 12.5 Å². The van der Waals surface area contributed by atoms with Crippen LogP contribution in [-0.2, 0) is 0 Å². The molecule has 0 unspecified atom stereocenters. The minimum absolute atomic E-state index is 0.496. The van der Waals surface area contributed by atoms with Gasteiger partial charge in [0.1, 0.15) is 17.0 Å². The Kier molecular flexibility index (Phi) is 3.92. The van der Waals surface area contributed by atoms with Crippen molar-refractivity contribution in [2.24, 2.45) is 0 Å². The molecule has 0 amide bonds. The van der Waals surface area contributed by atoms with Gasteiger partial charge in [-0.25, -0.2) is 4.98 Å². The molecule has 0 spiro atoms. The van der Waals surface area contributed by atoms with Gasteiger partial charge in [-0.15, -0.1) is 11.8 Å². The predicted octanol–water partition coefficient (Wildman–Crippen LogP) is 4.15. The molecule has 5 heteroatoms. The highest BCUT2D eigenvalue weighted by Gasteiger charge is 2.09.